The van der Waals surface area contributed by atoms with Gasteiger partial charge in [0.05, 0.1) is 20.0 Å². The third-order valence-electron chi connectivity index (χ3n) is 3.74. The number of carbonyl (C=O) groups excluding carboxylic acids is 1. The van der Waals surface area contributed by atoms with Gasteiger partial charge >= 0.3 is 5.97 Å². The maximum absolute atomic E-state index is 11.0. The number of aliphatic hydroxyl groups excluding tert-OH is 3. The summed E-state index contributed by atoms with van der Waals surface area (Å²) >= 11 is 0. The van der Waals surface area contributed by atoms with Crippen molar-refractivity contribution in [3.63, 3.8) is 0 Å². The Morgan fingerprint density at radius 3 is 2.84 bits per heavy atom. The van der Waals surface area contributed by atoms with Crippen molar-refractivity contribution >= 4 is 23.0 Å². The molecule has 3 heterocycles. The number of esters is 1. The van der Waals surface area contributed by atoms with Crippen molar-refractivity contribution in [1.29, 1.82) is 0 Å². The zero-order valence-electron chi connectivity index (χ0n) is 13.1. The predicted molar refractivity (Wildman–Crippen MR) is 79.9 cm³/mol. The van der Waals surface area contributed by atoms with Gasteiger partial charge in [0.15, 0.2) is 29.8 Å². The van der Waals surface area contributed by atoms with E-state index >= 15 is 0 Å². The van der Waals surface area contributed by atoms with Crippen molar-refractivity contribution < 1.29 is 34.4 Å². The summed E-state index contributed by atoms with van der Waals surface area (Å²) in [6.45, 7) is -0.776. The second-order valence-electron chi connectivity index (χ2n) is 5.24. The molecule has 0 aliphatic carbocycles. The summed E-state index contributed by atoms with van der Waals surface area (Å²) in [7, 11) is 1.23. The van der Waals surface area contributed by atoms with E-state index < -0.39 is 37.1 Å². The van der Waals surface area contributed by atoms with Crippen LogP contribution in [0.25, 0.3) is 11.2 Å². The highest BCUT2D eigenvalue weighted by Crippen LogP contribution is 2.31. The zero-order chi connectivity index (χ0) is 18.0. The molecule has 0 unspecified atom stereocenters. The molecule has 2 aromatic heterocycles. The first-order valence-electron chi connectivity index (χ1n) is 7.31. The van der Waals surface area contributed by atoms with Crippen molar-refractivity contribution in [2.24, 2.45) is 0 Å². The predicted octanol–water partition coefficient (Wildman–Crippen LogP) is -2.05. The summed E-state index contributed by atoms with van der Waals surface area (Å²) < 4.78 is 11.3. The molecule has 1 fully saturated rings. The summed E-state index contributed by atoms with van der Waals surface area (Å²) in [6.07, 6.45) is -1.82. The van der Waals surface area contributed by atoms with E-state index in [1.54, 1.807) is 0 Å². The van der Waals surface area contributed by atoms with Gasteiger partial charge < -0.3 is 24.8 Å². The molecule has 0 aromatic carbocycles. The topological polar surface area (TPSA) is 161 Å². The van der Waals surface area contributed by atoms with Crippen molar-refractivity contribution in [3.05, 3.63) is 12.7 Å². The van der Waals surface area contributed by atoms with E-state index in [1.165, 1.54) is 24.3 Å². The first-order valence-corrected chi connectivity index (χ1v) is 7.31. The molecular weight excluding hydrogens is 338 g/mol. The maximum Gasteiger partial charge on any atom is 0.334 e. The second-order valence-corrected chi connectivity index (χ2v) is 5.24. The number of carbonyl (C=O) groups is 1. The monoisotopic (exact) mass is 355 g/mol. The first kappa shape index (κ1) is 17.4. The number of rotatable bonds is 6. The molecule has 136 valence electrons. The largest absolute Gasteiger partial charge is 0.467 e. The number of hydrogen-bond acceptors (Lipinski definition) is 11. The number of imidazole rings is 1. The van der Waals surface area contributed by atoms with Gasteiger partial charge in [-0.3, -0.25) is 9.40 Å². The molecule has 0 spiro atoms. The number of nitrogens with one attached hydrogen (secondary N) is 1. The van der Waals surface area contributed by atoms with Crippen LogP contribution in [0.3, 0.4) is 0 Å². The number of aliphatic hydroxyl groups is 3. The molecule has 12 heteroatoms. The molecule has 0 amide bonds. The van der Waals surface area contributed by atoms with Gasteiger partial charge in [0.25, 0.3) is 0 Å². The molecule has 1 aliphatic rings. The molecule has 25 heavy (non-hydrogen) atoms. The molecule has 4 N–H and O–H groups in total. The molecule has 0 radical (unpaired) electrons. The SMILES string of the molecule is COC(=O)CONc1ncnc2c1ncn2[C@@H]1O[C@H](CO)[C@@H](O)[C@H]1O. The van der Waals surface area contributed by atoms with Crippen LogP contribution < -0.4 is 5.48 Å². The molecule has 1 saturated heterocycles. The van der Waals surface area contributed by atoms with Crippen molar-refractivity contribution in [2.45, 2.75) is 24.5 Å². The Balaban J connectivity index is 1.83. The summed E-state index contributed by atoms with van der Waals surface area (Å²) in [5.41, 5.74) is 3.07. The van der Waals surface area contributed by atoms with Crippen molar-refractivity contribution in [2.75, 3.05) is 25.8 Å². The van der Waals surface area contributed by atoms with Crippen LogP contribution in [0.4, 0.5) is 5.82 Å². The molecule has 2 aromatic rings. The Bertz CT molecular complexity index is 753. The van der Waals surface area contributed by atoms with Crippen molar-refractivity contribution in [3.8, 4) is 0 Å². The maximum atomic E-state index is 11.0. The number of anilines is 1. The van der Waals surface area contributed by atoms with Gasteiger partial charge in [-0.1, -0.05) is 0 Å². The van der Waals surface area contributed by atoms with Crippen LogP contribution in [0.15, 0.2) is 12.7 Å². The quantitative estimate of drug-likeness (QED) is 0.333. The molecule has 4 atom stereocenters. The number of methoxy groups -OCH3 is 1. The zero-order valence-corrected chi connectivity index (χ0v) is 13.1. The lowest BCUT2D eigenvalue weighted by Crippen LogP contribution is -2.33. The van der Waals surface area contributed by atoms with Crippen LogP contribution in [0, 0.1) is 0 Å². The minimum atomic E-state index is -1.27. The Hall–Kier alpha value is -2.38. The normalized spacial score (nSPS) is 26.1. The minimum Gasteiger partial charge on any atom is -0.467 e. The van der Waals surface area contributed by atoms with Crippen LogP contribution in [-0.2, 0) is 19.1 Å². The van der Waals surface area contributed by atoms with Crippen LogP contribution in [0.2, 0.25) is 0 Å². The Labute approximate surface area is 140 Å². The second kappa shape index (κ2) is 7.25. The standard InChI is InChI=1S/C13H17N5O7/c1-23-7(20)3-24-17-11-8-12(15-4-14-11)18(5-16-8)13-10(22)9(21)6(2-19)25-13/h4-6,9-10,13,19,21-22H,2-3H2,1H3,(H,14,15,17)/t6-,9-,10-,13-/m1/s1. The van der Waals surface area contributed by atoms with Crippen LogP contribution >= 0.6 is 0 Å². The summed E-state index contributed by atoms with van der Waals surface area (Å²) in [5.74, 6) is -0.380. The van der Waals surface area contributed by atoms with Gasteiger partial charge in [-0.2, -0.15) is 0 Å². The third-order valence-corrected chi connectivity index (χ3v) is 3.74. The fraction of sp³-hybridized carbons (Fsp3) is 0.538. The smallest absolute Gasteiger partial charge is 0.334 e. The van der Waals surface area contributed by atoms with Gasteiger partial charge in [-0.15, -0.1) is 0 Å². The van der Waals surface area contributed by atoms with E-state index in [-0.39, 0.29) is 12.4 Å². The molecule has 3 rings (SSSR count). The summed E-state index contributed by atoms with van der Waals surface area (Å²) in [5, 5.41) is 29.2. The average Bonchev–Trinajstić information content (AvgIpc) is 3.17. The number of ether oxygens (including phenoxy) is 2. The first-order chi connectivity index (χ1) is 12.1. The van der Waals surface area contributed by atoms with E-state index in [4.69, 9.17) is 9.57 Å². The van der Waals surface area contributed by atoms with Gasteiger partial charge in [-0.25, -0.2) is 25.2 Å². The van der Waals surface area contributed by atoms with E-state index in [2.05, 4.69) is 25.2 Å². The Morgan fingerprint density at radius 1 is 1.36 bits per heavy atom. The number of fused-ring (bicyclic) bond motifs is 1. The fourth-order valence-corrected chi connectivity index (χ4v) is 2.44. The van der Waals surface area contributed by atoms with Crippen molar-refractivity contribution in [1.82, 2.24) is 19.5 Å². The van der Waals surface area contributed by atoms with E-state index in [1.807, 2.05) is 0 Å². The van der Waals surface area contributed by atoms with Gasteiger partial charge in [0.1, 0.15) is 24.6 Å². The van der Waals surface area contributed by atoms with Crippen LogP contribution in [0.1, 0.15) is 6.23 Å². The van der Waals surface area contributed by atoms with E-state index in [0.29, 0.717) is 11.2 Å². The Morgan fingerprint density at radius 2 is 2.16 bits per heavy atom. The minimum absolute atomic E-state index is 0.194. The summed E-state index contributed by atoms with van der Waals surface area (Å²) in [6, 6.07) is 0. The highest BCUT2D eigenvalue weighted by atomic mass is 16.7. The van der Waals surface area contributed by atoms with Crippen LogP contribution in [0.5, 0.6) is 0 Å². The molecular formula is C13H17N5O7. The molecule has 1 aliphatic heterocycles. The third kappa shape index (κ3) is 3.25. The molecule has 0 saturated carbocycles. The lowest BCUT2D eigenvalue weighted by Gasteiger charge is -2.16. The Kier molecular flexibility index (Phi) is 5.06. The lowest BCUT2D eigenvalue weighted by molar-refractivity contribution is -0.144. The number of aromatic nitrogens is 4. The fourth-order valence-electron chi connectivity index (χ4n) is 2.44. The van der Waals surface area contributed by atoms with Gasteiger partial charge in [0.2, 0.25) is 0 Å². The van der Waals surface area contributed by atoms with Gasteiger partial charge in [-0.05, 0) is 0 Å². The number of hydrogen-bond donors (Lipinski definition) is 4. The van der Waals surface area contributed by atoms with E-state index in [0.717, 1.165) is 0 Å². The highest BCUT2D eigenvalue weighted by molar-refractivity contribution is 5.82. The lowest BCUT2D eigenvalue weighted by atomic mass is 10.1. The van der Waals surface area contributed by atoms with Crippen LogP contribution in [-0.4, -0.2) is 79.4 Å². The molecule has 12 nitrogen and oxygen atoms in total. The molecule has 0 bridgehead atoms. The average molecular weight is 355 g/mol. The summed E-state index contributed by atoms with van der Waals surface area (Å²) in [4.78, 5) is 28.2. The number of nitrogens with zero attached hydrogens (tertiary/aromatic N) is 4. The van der Waals surface area contributed by atoms with Gasteiger partial charge in [0, 0.05) is 0 Å². The van der Waals surface area contributed by atoms with E-state index in [9.17, 15) is 20.1 Å². The highest BCUT2D eigenvalue weighted by Gasteiger charge is 2.44.